The maximum absolute atomic E-state index is 11.7. The normalized spacial score (nSPS) is 17.6. The zero-order chi connectivity index (χ0) is 15.0. The van der Waals surface area contributed by atoms with Gasteiger partial charge < -0.3 is 14.0 Å². The maximum Gasteiger partial charge on any atom is 0.306 e. The number of ether oxygens (including phenoxy) is 2. The second kappa shape index (κ2) is 5.43. The molecule has 0 saturated carbocycles. The minimum atomic E-state index is -0.132. The molecule has 3 rings (SSSR count). The molecule has 0 saturated heterocycles. The number of methoxy groups -OCH3 is 2. The van der Waals surface area contributed by atoms with Crippen molar-refractivity contribution in [3.63, 3.8) is 0 Å². The number of benzene rings is 1. The molecule has 0 spiro atoms. The summed E-state index contributed by atoms with van der Waals surface area (Å²) in [4.78, 5) is 11.7. The Bertz CT molecular complexity index is 687. The largest absolute Gasteiger partial charge is 0.497 e. The smallest absolute Gasteiger partial charge is 0.306 e. The average Bonchev–Trinajstić information content (AvgIpc) is 2.80. The highest BCUT2D eigenvalue weighted by atomic mass is 16.5. The highest BCUT2D eigenvalue weighted by Crippen LogP contribution is 2.41. The molecule has 0 N–H and O–H groups in total. The van der Waals surface area contributed by atoms with Crippen LogP contribution < -0.4 is 4.74 Å². The fourth-order valence-electron chi connectivity index (χ4n) is 3.54. The van der Waals surface area contributed by atoms with Gasteiger partial charge in [-0.2, -0.15) is 0 Å². The molecule has 0 fully saturated rings. The molecule has 1 aliphatic rings. The van der Waals surface area contributed by atoms with Crippen LogP contribution in [-0.2, 0) is 23.0 Å². The Hall–Kier alpha value is -1.97. The molecule has 0 aliphatic heterocycles. The van der Waals surface area contributed by atoms with Crippen LogP contribution in [0.5, 0.6) is 5.75 Å². The van der Waals surface area contributed by atoms with Crippen molar-refractivity contribution in [1.82, 2.24) is 4.57 Å². The Morgan fingerprint density at radius 2 is 2.19 bits per heavy atom. The Labute approximate surface area is 124 Å². The summed E-state index contributed by atoms with van der Waals surface area (Å²) in [6, 6.07) is 6.18. The molecule has 2 aromatic rings. The van der Waals surface area contributed by atoms with Gasteiger partial charge in [-0.15, -0.1) is 0 Å². The van der Waals surface area contributed by atoms with Crippen molar-refractivity contribution in [3.8, 4) is 5.75 Å². The quantitative estimate of drug-likeness (QED) is 0.814. The van der Waals surface area contributed by atoms with E-state index in [1.807, 2.05) is 6.07 Å². The molecule has 4 heteroatoms. The highest BCUT2D eigenvalue weighted by Gasteiger charge is 2.28. The molecule has 21 heavy (non-hydrogen) atoms. The van der Waals surface area contributed by atoms with Crippen LogP contribution in [0.15, 0.2) is 18.2 Å². The van der Waals surface area contributed by atoms with E-state index in [1.54, 1.807) is 7.11 Å². The van der Waals surface area contributed by atoms with Gasteiger partial charge in [-0.25, -0.2) is 0 Å². The van der Waals surface area contributed by atoms with Crippen molar-refractivity contribution < 1.29 is 14.3 Å². The minimum absolute atomic E-state index is 0.132. The van der Waals surface area contributed by atoms with Gasteiger partial charge in [0.2, 0.25) is 0 Å². The van der Waals surface area contributed by atoms with E-state index in [0.29, 0.717) is 6.42 Å². The van der Waals surface area contributed by atoms with Crippen LogP contribution in [0.2, 0.25) is 0 Å². The molecule has 1 unspecified atom stereocenters. The minimum Gasteiger partial charge on any atom is -0.497 e. The lowest BCUT2D eigenvalue weighted by Gasteiger charge is -2.23. The maximum atomic E-state index is 11.7. The lowest BCUT2D eigenvalue weighted by atomic mass is 9.83. The van der Waals surface area contributed by atoms with Gasteiger partial charge in [0.15, 0.2) is 0 Å². The van der Waals surface area contributed by atoms with E-state index < -0.39 is 0 Å². The highest BCUT2D eigenvalue weighted by molar-refractivity contribution is 5.88. The average molecular weight is 287 g/mol. The van der Waals surface area contributed by atoms with E-state index in [1.165, 1.54) is 29.3 Å². The third-order valence-corrected chi connectivity index (χ3v) is 4.59. The molecule has 1 aromatic carbocycles. The summed E-state index contributed by atoms with van der Waals surface area (Å²) in [5, 5.41) is 1.21. The molecule has 1 heterocycles. The Kier molecular flexibility index (Phi) is 3.62. The van der Waals surface area contributed by atoms with Gasteiger partial charge in [0.1, 0.15) is 5.75 Å². The first kappa shape index (κ1) is 14.0. The standard InChI is InChI=1S/C17H21NO3/c1-18-14-8-7-12(20-2)10-13(14)17-11(9-16(19)21-3)5-4-6-15(17)18/h7-8,10-11H,4-6,9H2,1-3H3. The fraction of sp³-hybridized carbons (Fsp3) is 0.471. The van der Waals surface area contributed by atoms with Gasteiger partial charge in [-0.1, -0.05) is 0 Å². The molecule has 0 bridgehead atoms. The van der Waals surface area contributed by atoms with Gasteiger partial charge in [0.05, 0.1) is 20.6 Å². The summed E-state index contributed by atoms with van der Waals surface area (Å²) in [6.07, 6.45) is 3.69. The van der Waals surface area contributed by atoms with Gasteiger partial charge >= 0.3 is 5.97 Å². The molecular formula is C17H21NO3. The zero-order valence-electron chi connectivity index (χ0n) is 12.8. The number of fused-ring (bicyclic) bond motifs is 3. The monoisotopic (exact) mass is 287 g/mol. The number of esters is 1. The number of hydrogen-bond acceptors (Lipinski definition) is 3. The summed E-state index contributed by atoms with van der Waals surface area (Å²) >= 11 is 0. The number of aryl methyl sites for hydroxylation is 1. The molecule has 1 atom stereocenters. The van der Waals surface area contributed by atoms with Crippen molar-refractivity contribution >= 4 is 16.9 Å². The van der Waals surface area contributed by atoms with Crippen LogP contribution in [0.3, 0.4) is 0 Å². The van der Waals surface area contributed by atoms with Crippen molar-refractivity contribution in [2.75, 3.05) is 14.2 Å². The third kappa shape index (κ3) is 2.28. The zero-order valence-corrected chi connectivity index (χ0v) is 12.8. The summed E-state index contributed by atoms with van der Waals surface area (Å²) in [6.45, 7) is 0. The van der Waals surface area contributed by atoms with Crippen molar-refractivity contribution in [3.05, 3.63) is 29.5 Å². The summed E-state index contributed by atoms with van der Waals surface area (Å²) in [7, 11) is 5.24. The van der Waals surface area contributed by atoms with E-state index in [4.69, 9.17) is 9.47 Å². The van der Waals surface area contributed by atoms with Crippen LogP contribution >= 0.6 is 0 Å². The molecule has 4 nitrogen and oxygen atoms in total. The number of carbonyl (C=O) groups is 1. The van der Waals surface area contributed by atoms with E-state index in [9.17, 15) is 4.79 Å². The topological polar surface area (TPSA) is 40.5 Å². The number of carbonyl (C=O) groups excluding carboxylic acids is 1. The summed E-state index contributed by atoms with van der Waals surface area (Å²) in [5.74, 6) is 0.975. The summed E-state index contributed by atoms with van der Waals surface area (Å²) in [5.41, 5.74) is 3.86. The number of rotatable bonds is 3. The van der Waals surface area contributed by atoms with Crippen LogP contribution in [-0.4, -0.2) is 24.8 Å². The molecule has 112 valence electrons. The Morgan fingerprint density at radius 3 is 2.90 bits per heavy atom. The lowest BCUT2D eigenvalue weighted by molar-refractivity contribution is -0.141. The SMILES string of the molecule is COC(=O)CC1CCCc2c1c1cc(OC)ccc1n2C. The first-order valence-corrected chi connectivity index (χ1v) is 7.37. The van der Waals surface area contributed by atoms with Crippen molar-refractivity contribution in [2.24, 2.45) is 7.05 Å². The molecule has 0 radical (unpaired) electrons. The molecule has 0 amide bonds. The fourth-order valence-corrected chi connectivity index (χ4v) is 3.54. The van der Waals surface area contributed by atoms with E-state index in [-0.39, 0.29) is 11.9 Å². The first-order valence-electron chi connectivity index (χ1n) is 7.37. The predicted molar refractivity (Wildman–Crippen MR) is 81.8 cm³/mol. The van der Waals surface area contributed by atoms with Crippen LogP contribution in [0.4, 0.5) is 0 Å². The number of aromatic nitrogens is 1. The second-order valence-electron chi connectivity index (χ2n) is 5.67. The third-order valence-electron chi connectivity index (χ3n) is 4.59. The lowest BCUT2D eigenvalue weighted by Crippen LogP contribution is -2.15. The Balaban J connectivity index is 2.15. The number of hydrogen-bond donors (Lipinski definition) is 0. The van der Waals surface area contributed by atoms with Crippen LogP contribution in [0.25, 0.3) is 10.9 Å². The van der Waals surface area contributed by atoms with Crippen molar-refractivity contribution in [2.45, 2.75) is 31.6 Å². The van der Waals surface area contributed by atoms with Gasteiger partial charge in [0, 0.05) is 23.6 Å². The van der Waals surface area contributed by atoms with Crippen LogP contribution in [0.1, 0.15) is 36.4 Å². The first-order chi connectivity index (χ1) is 10.2. The molecule has 1 aromatic heterocycles. The molecule has 1 aliphatic carbocycles. The van der Waals surface area contributed by atoms with Gasteiger partial charge in [-0.3, -0.25) is 4.79 Å². The van der Waals surface area contributed by atoms with E-state index in [0.717, 1.165) is 25.0 Å². The second-order valence-corrected chi connectivity index (χ2v) is 5.67. The summed E-state index contributed by atoms with van der Waals surface area (Å²) < 4.78 is 12.5. The van der Waals surface area contributed by atoms with E-state index >= 15 is 0 Å². The van der Waals surface area contributed by atoms with Crippen molar-refractivity contribution in [1.29, 1.82) is 0 Å². The molecular weight excluding hydrogens is 266 g/mol. The number of nitrogens with zero attached hydrogens (tertiary/aromatic N) is 1. The Morgan fingerprint density at radius 1 is 1.38 bits per heavy atom. The van der Waals surface area contributed by atoms with E-state index in [2.05, 4.69) is 23.7 Å². The predicted octanol–water partition coefficient (Wildman–Crippen LogP) is 3.17. The van der Waals surface area contributed by atoms with Gasteiger partial charge in [0.25, 0.3) is 0 Å². The van der Waals surface area contributed by atoms with Gasteiger partial charge in [-0.05, 0) is 48.9 Å². The van der Waals surface area contributed by atoms with Crippen LogP contribution in [0, 0.1) is 0 Å².